The van der Waals surface area contributed by atoms with Crippen LogP contribution in [0.25, 0.3) is 16.1 Å². The first kappa shape index (κ1) is 17.7. The zero-order chi connectivity index (χ0) is 15.0. The molecule has 2 nitrogen and oxygen atoms in total. The number of alkyl halides is 1. The normalized spacial score (nSPS) is 10.3. The number of hydrogen-bond donors (Lipinski definition) is 0. The summed E-state index contributed by atoms with van der Waals surface area (Å²) in [7, 11) is 0. The van der Waals surface area contributed by atoms with Gasteiger partial charge in [-0.15, -0.1) is 4.40 Å². The molecule has 0 radical (unpaired) electrons. The molecule has 22 heavy (non-hydrogen) atoms. The van der Waals surface area contributed by atoms with Crippen LogP contribution in [0.4, 0.5) is 0 Å². The molecule has 0 atom stereocenters. The highest BCUT2D eigenvalue weighted by Crippen LogP contribution is 2.29. The van der Waals surface area contributed by atoms with Gasteiger partial charge >= 0.3 is 0 Å². The number of rotatable bonds is 2. The van der Waals surface area contributed by atoms with E-state index in [4.69, 9.17) is 23.2 Å². The second-order valence-electron chi connectivity index (χ2n) is 4.37. The Hall–Kier alpha value is -0.640. The van der Waals surface area contributed by atoms with Crippen molar-refractivity contribution in [3.63, 3.8) is 0 Å². The predicted molar refractivity (Wildman–Crippen MR) is 90.3 cm³/mol. The van der Waals surface area contributed by atoms with E-state index in [-0.39, 0.29) is 17.0 Å². The van der Waals surface area contributed by atoms with Crippen molar-refractivity contribution in [1.29, 1.82) is 5.26 Å². The summed E-state index contributed by atoms with van der Waals surface area (Å²) in [6.07, 6.45) is 0. The van der Waals surface area contributed by atoms with E-state index in [1.54, 1.807) is 17.4 Å². The molecule has 0 aliphatic heterocycles. The summed E-state index contributed by atoms with van der Waals surface area (Å²) in [6.45, 7) is 0. The molecule has 0 bridgehead atoms. The predicted octanol–water partition coefficient (Wildman–Crippen LogP) is 2.23. The summed E-state index contributed by atoms with van der Waals surface area (Å²) in [5.41, 5.74) is 3.70. The Labute approximate surface area is 160 Å². The van der Waals surface area contributed by atoms with E-state index in [9.17, 15) is 5.26 Å². The smallest absolute Gasteiger partial charge is 0.285 e. The minimum Gasteiger partial charge on any atom is -1.00 e. The van der Waals surface area contributed by atoms with Crippen LogP contribution in [0.1, 0.15) is 11.3 Å². The molecule has 0 aliphatic rings. The molecule has 2 aromatic heterocycles. The largest absolute Gasteiger partial charge is 1.00 e. The van der Waals surface area contributed by atoms with Crippen molar-refractivity contribution in [3.8, 4) is 17.3 Å². The fourth-order valence-corrected chi connectivity index (χ4v) is 4.10. The van der Waals surface area contributed by atoms with E-state index in [0.29, 0.717) is 20.9 Å². The topological polar surface area (TPSA) is 27.9 Å². The van der Waals surface area contributed by atoms with Gasteiger partial charge in [0.1, 0.15) is 11.6 Å². The van der Waals surface area contributed by atoms with Gasteiger partial charge in [-0.1, -0.05) is 50.5 Å². The minimum atomic E-state index is 0. The van der Waals surface area contributed by atoms with Crippen molar-refractivity contribution in [2.45, 2.75) is 5.33 Å². The third kappa shape index (κ3) is 3.04. The molecule has 112 valence electrons. The van der Waals surface area contributed by atoms with Gasteiger partial charge in [0.05, 0.1) is 20.8 Å². The first-order valence-corrected chi connectivity index (χ1v) is 8.78. The Balaban J connectivity index is 0.00000176. The van der Waals surface area contributed by atoms with E-state index in [0.717, 1.165) is 21.8 Å². The van der Waals surface area contributed by atoms with Crippen molar-refractivity contribution in [2.75, 3.05) is 0 Å². The van der Waals surface area contributed by atoms with Crippen LogP contribution in [0.15, 0.2) is 35.7 Å². The van der Waals surface area contributed by atoms with Gasteiger partial charge in [0.2, 0.25) is 11.4 Å². The molecular formula is C15H8Br2Cl2N2S. The molecule has 0 saturated heterocycles. The zero-order valence-corrected chi connectivity index (χ0v) is 16.5. The molecular weight excluding hydrogens is 471 g/mol. The van der Waals surface area contributed by atoms with Gasteiger partial charge in [0, 0.05) is 11.6 Å². The van der Waals surface area contributed by atoms with Crippen LogP contribution in [-0.4, -0.2) is 0 Å². The first-order chi connectivity index (χ1) is 10.2. The summed E-state index contributed by atoms with van der Waals surface area (Å²) >= 11 is 17.2. The maximum atomic E-state index is 9.25. The summed E-state index contributed by atoms with van der Waals surface area (Å²) in [5.74, 6) is 0. The van der Waals surface area contributed by atoms with Gasteiger partial charge in [-0.05, 0) is 24.3 Å². The third-order valence-corrected chi connectivity index (χ3v) is 5.48. The number of halogens is 4. The average molecular weight is 479 g/mol. The van der Waals surface area contributed by atoms with E-state index < -0.39 is 0 Å². The molecule has 0 saturated carbocycles. The average Bonchev–Trinajstić information content (AvgIpc) is 2.93. The lowest BCUT2D eigenvalue weighted by Crippen LogP contribution is -3.00. The van der Waals surface area contributed by atoms with Crippen LogP contribution in [0.5, 0.6) is 0 Å². The highest BCUT2D eigenvalue weighted by atomic mass is 79.9. The Kier molecular flexibility index (Phi) is 5.87. The Morgan fingerprint density at radius 1 is 1.18 bits per heavy atom. The molecule has 0 N–H and O–H groups in total. The second-order valence-corrected chi connectivity index (χ2v) is 6.61. The molecule has 2 heterocycles. The molecule has 0 spiro atoms. The first-order valence-electron chi connectivity index (χ1n) is 6.02. The fourth-order valence-electron chi connectivity index (χ4n) is 2.17. The lowest BCUT2D eigenvalue weighted by atomic mass is 10.1. The fraction of sp³-hybridized carbons (Fsp3) is 0.0667. The summed E-state index contributed by atoms with van der Waals surface area (Å²) in [4.78, 5) is 0.926. The van der Waals surface area contributed by atoms with Gasteiger partial charge < -0.3 is 17.0 Å². The lowest BCUT2D eigenvalue weighted by Gasteiger charge is -2.02. The van der Waals surface area contributed by atoms with Gasteiger partial charge in [0.15, 0.2) is 0 Å². The van der Waals surface area contributed by atoms with Crippen LogP contribution < -0.4 is 21.4 Å². The van der Waals surface area contributed by atoms with E-state index in [1.165, 1.54) is 0 Å². The number of hydrogen-bond acceptors (Lipinski definition) is 2. The van der Waals surface area contributed by atoms with E-state index in [1.807, 2.05) is 29.6 Å². The van der Waals surface area contributed by atoms with E-state index in [2.05, 4.69) is 26.4 Å². The van der Waals surface area contributed by atoms with Gasteiger partial charge in [-0.2, -0.15) is 5.26 Å². The molecule has 0 amide bonds. The summed E-state index contributed by atoms with van der Waals surface area (Å²) in [6, 6.07) is 11.6. The van der Waals surface area contributed by atoms with Crippen molar-refractivity contribution >= 4 is 55.3 Å². The number of fused-ring (bicyclic) bond motifs is 1. The highest BCUT2D eigenvalue weighted by Gasteiger charge is 2.22. The Morgan fingerprint density at radius 2 is 1.95 bits per heavy atom. The van der Waals surface area contributed by atoms with Crippen molar-refractivity contribution < 1.29 is 21.4 Å². The van der Waals surface area contributed by atoms with Crippen LogP contribution in [-0.2, 0) is 5.33 Å². The van der Waals surface area contributed by atoms with Crippen LogP contribution in [0.3, 0.4) is 0 Å². The maximum absolute atomic E-state index is 9.25. The molecule has 3 aromatic rings. The molecule has 0 fully saturated rings. The quantitative estimate of drug-likeness (QED) is 0.410. The Morgan fingerprint density at radius 3 is 2.59 bits per heavy atom. The molecule has 7 heteroatoms. The minimum absolute atomic E-state index is 0. The second kappa shape index (κ2) is 7.29. The standard InChI is InChI=1S/C15H8BrCl2N2S.BrH/c16-6-11-8-21-15-10(7-19)2-4-14(20(11)15)9-1-3-12(17)13(18)5-9;/h1-5,8H,6H2;1H/q+1;/p-1. The van der Waals surface area contributed by atoms with Crippen LogP contribution in [0, 0.1) is 11.3 Å². The lowest BCUT2D eigenvalue weighted by molar-refractivity contribution is -0.503. The van der Waals surface area contributed by atoms with Crippen LogP contribution >= 0.6 is 50.5 Å². The number of thiazole rings is 1. The van der Waals surface area contributed by atoms with Gasteiger partial charge in [0.25, 0.3) is 4.83 Å². The molecule has 3 rings (SSSR count). The number of aromatic nitrogens is 1. The number of benzene rings is 1. The summed E-state index contributed by atoms with van der Waals surface area (Å²) < 4.78 is 2.08. The van der Waals surface area contributed by atoms with Crippen molar-refractivity contribution in [3.05, 3.63) is 57.0 Å². The molecule has 0 aliphatic carbocycles. The highest BCUT2D eigenvalue weighted by molar-refractivity contribution is 9.08. The zero-order valence-electron chi connectivity index (χ0n) is 11.0. The molecule has 0 unspecified atom stereocenters. The van der Waals surface area contributed by atoms with Crippen molar-refractivity contribution in [2.24, 2.45) is 0 Å². The summed E-state index contributed by atoms with van der Waals surface area (Å²) in [5, 5.41) is 13.1. The molecule has 1 aromatic carbocycles. The Bertz CT molecular complexity index is 887. The number of nitriles is 1. The van der Waals surface area contributed by atoms with Gasteiger partial charge in [-0.25, -0.2) is 0 Å². The number of pyridine rings is 1. The van der Waals surface area contributed by atoms with E-state index >= 15 is 0 Å². The van der Waals surface area contributed by atoms with Crippen LogP contribution in [0.2, 0.25) is 10.0 Å². The third-order valence-electron chi connectivity index (χ3n) is 3.15. The van der Waals surface area contributed by atoms with Crippen molar-refractivity contribution in [1.82, 2.24) is 0 Å². The maximum Gasteiger partial charge on any atom is 0.285 e. The number of nitrogens with zero attached hydrogens (tertiary/aromatic N) is 2. The SMILES string of the molecule is N#Cc1ccc(-c2ccc(Cl)c(Cl)c2)[n+]2c(CBr)csc12.[Br-]. The monoisotopic (exact) mass is 476 g/mol. The van der Waals surface area contributed by atoms with Gasteiger partial charge in [-0.3, -0.25) is 0 Å².